The van der Waals surface area contributed by atoms with Crippen molar-refractivity contribution in [1.29, 1.82) is 0 Å². The average Bonchev–Trinajstić information content (AvgIpc) is 2.60. The fraction of sp³-hybridized carbons (Fsp3) is 0.727. The first-order chi connectivity index (χ1) is 7.24. The Morgan fingerprint density at radius 1 is 1.60 bits per heavy atom. The molecule has 0 saturated heterocycles. The van der Waals surface area contributed by atoms with Crippen molar-refractivity contribution in [3.05, 3.63) is 18.2 Å². The summed E-state index contributed by atoms with van der Waals surface area (Å²) in [5, 5.41) is 3.36. The number of nitrogens with zero attached hydrogens (tertiary/aromatic N) is 2. The number of rotatable bonds is 7. The molecule has 86 valence electrons. The Morgan fingerprint density at radius 2 is 2.40 bits per heavy atom. The number of nitrogens with one attached hydrogen (secondary N) is 1. The van der Waals surface area contributed by atoms with E-state index in [-0.39, 0.29) is 0 Å². The van der Waals surface area contributed by atoms with E-state index in [9.17, 15) is 0 Å². The number of aromatic nitrogens is 2. The van der Waals surface area contributed by atoms with Crippen LogP contribution in [0.2, 0.25) is 0 Å². The maximum Gasteiger partial charge on any atom is 0.105 e. The zero-order valence-electron chi connectivity index (χ0n) is 9.86. The Bertz CT molecular complexity index is 273. The van der Waals surface area contributed by atoms with Gasteiger partial charge in [0.15, 0.2) is 0 Å². The van der Waals surface area contributed by atoms with Gasteiger partial charge in [-0.2, -0.15) is 0 Å². The normalized spacial score (nSPS) is 13.0. The largest absolute Gasteiger partial charge is 0.377 e. The molecule has 1 aromatic heterocycles. The second-order valence-electron chi connectivity index (χ2n) is 3.64. The van der Waals surface area contributed by atoms with Crippen molar-refractivity contribution < 1.29 is 4.74 Å². The molecule has 0 saturated carbocycles. The summed E-state index contributed by atoms with van der Waals surface area (Å²) < 4.78 is 7.56. The lowest BCUT2D eigenvalue weighted by Crippen LogP contribution is -2.29. The van der Waals surface area contributed by atoms with Gasteiger partial charge in [0.25, 0.3) is 0 Å². The van der Waals surface area contributed by atoms with Gasteiger partial charge >= 0.3 is 0 Å². The van der Waals surface area contributed by atoms with Gasteiger partial charge in [-0.05, 0) is 20.8 Å². The smallest absolute Gasteiger partial charge is 0.105 e. The van der Waals surface area contributed by atoms with E-state index in [1.165, 1.54) is 0 Å². The van der Waals surface area contributed by atoms with Crippen LogP contribution in [0, 0.1) is 6.92 Å². The SMILES string of the molecule is CCOC(C)CNCCn1ccnc1C. The third-order valence-corrected chi connectivity index (χ3v) is 2.34. The summed E-state index contributed by atoms with van der Waals surface area (Å²) in [4.78, 5) is 4.17. The van der Waals surface area contributed by atoms with Crippen molar-refractivity contribution >= 4 is 0 Å². The highest BCUT2D eigenvalue weighted by molar-refractivity contribution is 4.88. The molecule has 1 aromatic rings. The van der Waals surface area contributed by atoms with Crippen LogP contribution in [0.15, 0.2) is 12.4 Å². The number of hydrogen-bond donors (Lipinski definition) is 1. The van der Waals surface area contributed by atoms with Crippen LogP contribution in [0.5, 0.6) is 0 Å². The van der Waals surface area contributed by atoms with E-state index in [4.69, 9.17) is 4.74 Å². The first-order valence-electron chi connectivity index (χ1n) is 5.54. The molecular formula is C11H21N3O. The van der Waals surface area contributed by atoms with E-state index in [0.29, 0.717) is 6.10 Å². The lowest BCUT2D eigenvalue weighted by molar-refractivity contribution is 0.0761. The average molecular weight is 211 g/mol. The van der Waals surface area contributed by atoms with E-state index in [1.54, 1.807) is 0 Å². The minimum Gasteiger partial charge on any atom is -0.377 e. The minimum atomic E-state index is 0.291. The molecule has 0 fully saturated rings. The third kappa shape index (κ3) is 4.44. The highest BCUT2D eigenvalue weighted by Gasteiger charge is 2.00. The molecule has 4 nitrogen and oxygen atoms in total. The molecule has 4 heteroatoms. The van der Waals surface area contributed by atoms with Gasteiger partial charge in [0.2, 0.25) is 0 Å². The van der Waals surface area contributed by atoms with E-state index in [2.05, 4.69) is 21.8 Å². The number of ether oxygens (including phenoxy) is 1. The second-order valence-corrected chi connectivity index (χ2v) is 3.64. The van der Waals surface area contributed by atoms with Crippen LogP contribution >= 0.6 is 0 Å². The lowest BCUT2D eigenvalue weighted by Gasteiger charge is -2.12. The Kier molecular flexibility index (Phi) is 5.36. The van der Waals surface area contributed by atoms with Gasteiger partial charge in [0.05, 0.1) is 6.10 Å². The van der Waals surface area contributed by atoms with Gasteiger partial charge < -0.3 is 14.6 Å². The van der Waals surface area contributed by atoms with E-state index >= 15 is 0 Å². The Balaban J connectivity index is 2.09. The maximum atomic E-state index is 5.42. The molecule has 0 aliphatic rings. The van der Waals surface area contributed by atoms with Crippen LogP contribution in [0.25, 0.3) is 0 Å². The zero-order valence-corrected chi connectivity index (χ0v) is 9.86. The van der Waals surface area contributed by atoms with Crippen molar-refractivity contribution in [2.75, 3.05) is 19.7 Å². The van der Waals surface area contributed by atoms with Crippen molar-refractivity contribution in [1.82, 2.24) is 14.9 Å². The summed E-state index contributed by atoms with van der Waals surface area (Å²) in [7, 11) is 0. The van der Waals surface area contributed by atoms with Crippen molar-refractivity contribution in [2.24, 2.45) is 0 Å². The van der Waals surface area contributed by atoms with Gasteiger partial charge in [0.1, 0.15) is 5.82 Å². The molecule has 0 spiro atoms. The third-order valence-electron chi connectivity index (χ3n) is 2.34. The molecule has 0 bridgehead atoms. The van der Waals surface area contributed by atoms with Gasteiger partial charge in [-0.15, -0.1) is 0 Å². The van der Waals surface area contributed by atoms with Crippen molar-refractivity contribution in [2.45, 2.75) is 33.4 Å². The van der Waals surface area contributed by atoms with Crippen LogP contribution in [0.1, 0.15) is 19.7 Å². The van der Waals surface area contributed by atoms with E-state index in [0.717, 1.165) is 32.1 Å². The highest BCUT2D eigenvalue weighted by Crippen LogP contribution is 1.93. The molecule has 15 heavy (non-hydrogen) atoms. The van der Waals surface area contributed by atoms with Crippen molar-refractivity contribution in [3.63, 3.8) is 0 Å². The molecule has 0 aliphatic carbocycles. The molecule has 1 rings (SSSR count). The van der Waals surface area contributed by atoms with Crippen LogP contribution < -0.4 is 5.32 Å². The fourth-order valence-corrected chi connectivity index (χ4v) is 1.49. The van der Waals surface area contributed by atoms with Crippen LogP contribution in [-0.4, -0.2) is 35.4 Å². The first kappa shape index (κ1) is 12.2. The highest BCUT2D eigenvalue weighted by atomic mass is 16.5. The lowest BCUT2D eigenvalue weighted by atomic mass is 10.4. The maximum absolute atomic E-state index is 5.42. The summed E-state index contributed by atoms with van der Waals surface area (Å²) in [6, 6.07) is 0. The number of aryl methyl sites for hydroxylation is 1. The van der Waals surface area contributed by atoms with Crippen LogP contribution in [0.3, 0.4) is 0 Å². The summed E-state index contributed by atoms with van der Waals surface area (Å²) in [5.74, 6) is 1.06. The molecule has 0 aromatic carbocycles. The van der Waals surface area contributed by atoms with Crippen LogP contribution in [0.4, 0.5) is 0 Å². The minimum absolute atomic E-state index is 0.291. The number of hydrogen-bond acceptors (Lipinski definition) is 3. The predicted molar refractivity (Wildman–Crippen MR) is 60.9 cm³/mol. The molecule has 1 N–H and O–H groups in total. The van der Waals surface area contributed by atoms with Gasteiger partial charge in [-0.25, -0.2) is 4.98 Å². The zero-order chi connectivity index (χ0) is 11.1. The fourth-order valence-electron chi connectivity index (χ4n) is 1.49. The standard InChI is InChI=1S/C11H21N3O/c1-4-15-10(2)9-12-5-7-14-8-6-13-11(14)3/h6,8,10,12H,4-5,7,9H2,1-3H3. The second kappa shape index (κ2) is 6.58. The molecule has 0 amide bonds. The van der Waals surface area contributed by atoms with Gasteiger partial charge in [-0.3, -0.25) is 0 Å². The molecule has 1 atom stereocenters. The van der Waals surface area contributed by atoms with E-state index < -0.39 is 0 Å². The molecule has 1 heterocycles. The topological polar surface area (TPSA) is 39.1 Å². The Hall–Kier alpha value is -0.870. The molecular weight excluding hydrogens is 190 g/mol. The molecule has 0 aliphatic heterocycles. The quantitative estimate of drug-likeness (QED) is 0.689. The molecule has 1 unspecified atom stereocenters. The summed E-state index contributed by atoms with van der Waals surface area (Å²) in [6.07, 6.45) is 4.13. The Labute approximate surface area is 91.7 Å². The summed E-state index contributed by atoms with van der Waals surface area (Å²) >= 11 is 0. The first-order valence-corrected chi connectivity index (χ1v) is 5.54. The predicted octanol–water partition coefficient (Wildman–Crippen LogP) is 1.21. The summed E-state index contributed by atoms with van der Waals surface area (Å²) in [6.45, 7) is 9.72. The van der Waals surface area contributed by atoms with Crippen molar-refractivity contribution in [3.8, 4) is 0 Å². The van der Waals surface area contributed by atoms with Crippen LogP contribution in [-0.2, 0) is 11.3 Å². The number of imidazole rings is 1. The van der Waals surface area contributed by atoms with E-state index in [1.807, 2.05) is 26.2 Å². The van der Waals surface area contributed by atoms with Gasteiger partial charge in [-0.1, -0.05) is 0 Å². The monoisotopic (exact) mass is 211 g/mol. The summed E-state index contributed by atoms with van der Waals surface area (Å²) in [5.41, 5.74) is 0. The van der Waals surface area contributed by atoms with Gasteiger partial charge in [0, 0.05) is 38.6 Å². The molecule has 0 radical (unpaired) electrons. The Morgan fingerprint density at radius 3 is 3.00 bits per heavy atom.